The lowest BCUT2D eigenvalue weighted by Crippen LogP contribution is -2.58. The van der Waals surface area contributed by atoms with Crippen molar-refractivity contribution in [2.75, 3.05) is 26.2 Å². The van der Waals surface area contributed by atoms with Crippen molar-refractivity contribution in [3.05, 3.63) is 0 Å². The van der Waals surface area contributed by atoms with Gasteiger partial charge in [0.05, 0.1) is 0 Å². The van der Waals surface area contributed by atoms with Crippen molar-refractivity contribution in [1.82, 2.24) is 9.80 Å². The van der Waals surface area contributed by atoms with Crippen LogP contribution in [0.5, 0.6) is 0 Å². The fourth-order valence-electron chi connectivity index (χ4n) is 4.67. The van der Waals surface area contributed by atoms with Gasteiger partial charge in [0.25, 0.3) is 0 Å². The third-order valence-corrected chi connectivity index (χ3v) is 5.73. The van der Waals surface area contributed by atoms with Crippen LogP contribution in [0.25, 0.3) is 0 Å². The molecule has 0 amide bonds. The maximum atomic E-state index is 6.33. The summed E-state index contributed by atoms with van der Waals surface area (Å²) in [6, 6.07) is 1.49. The molecule has 2 N–H and O–H groups in total. The van der Waals surface area contributed by atoms with E-state index in [4.69, 9.17) is 5.73 Å². The number of rotatable bonds is 5. The molecule has 3 nitrogen and oxygen atoms in total. The van der Waals surface area contributed by atoms with Crippen molar-refractivity contribution in [2.24, 2.45) is 5.73 Å². The fourth-order valence-corrected chi connectivity index (χ4v) is 4.67. The van der Waals surface area contributed by atoms with Gasteiger partial charge >= 0.3 is 0 Å². The van der Waals surface area contributed by atoms with E-state index in [2.05, 4.69) is 30.6 Å². The van der Waals surface area contributed by atoms with E-state index >= 15 is 0 Å². The molecule has 3 heteroatoms. The van der Waals surface area contributed by atoms with E-state index in [1.54, 1.807) is 0 Å². The molecular weight excluding hydrogens is 246 g/mol. The zero-order valence-electron chi connectivity index (χ0n) is 13.9. The predicted molar refractivity (Wildman–Crippen MR) is 87.0 cm³/mol. The Labute approximate surface area is 125 Å². The van der Waals surface area contributed by atoms with Crippen molar-refractivity contribution >= 4 is 0 Å². The molecule has 2 saturated heterocycles. The molecule has 2 aliphatic rings. The van der Waals surface area contributed by atoms with Gasteiger partial charge in [-0.15, -0.1) is 0 Å². The van der Waals surface area contributed by atoms with Crippen LogP contribution in [0.15, 0.2) is 0 Å². The highest BCUT2D eigenvalue weighted by atomic mass is 15.3. The van der Waals surface area contributed by atoms with E-state index < -0.39 is 0 Å². The Bertz CT molecular complexity index is 294. The van der Waals surface area contributed by atoms with Crippen molar-refractivity contribution in [2.45, 2.75) is 83.3 Å². The van der Waals surface area contributed by atoms with E-state index in [1.165, 1.54) is 64.6 Å². The molecule has 0 aliphatic carbocycles. The molecule has 20 heavy (non-hydrogen) atoms. The number of hydrogen-bond acceptors (Lipinski definition) is 3. The first-order valence-electron chi connectivity index (χ1n) is 8.87. The smallest absolute Gasteiger partial charge is 0.0350 e. The molecular formula is C17H35N3. The van der Waals surface area contributed by atoms with Gasteiger partial charge < -0.3 is 10.6 Å². The molecule has 0 aromatic heterocycles. The van der Waals surface area contributed by atoms with E-state index in [-0.39, 0.29) is 5.54 Å². The quantitative estimate of drug-likeness (QED) is 0.841. The first-order valence-corrected chi connectivity index (χ1v) is 8.87. The average Bonchev–Trinajstić information content (AvgIpc) is 2.71. The molecule has 0 aromatic rings. The average molecular weight is 281 g/mol. The summed E-state index contributed by atoms with van der Waals surface area (Å²) in [5.74, 6) is 0. The van der Waals surface area contributed by atoms with Crippen LogP contribution in [-0.4, -0.2) is 53.6 Å². The van der Waals surface area contributed by atoms with Crippen molar-refractivity contribution < 1.29 is 0 Å². The van der Waals surface area contributed by atoms with Crippen molar-refractivity contribution in [3.63, 3.8) is 0 Å². The van der Waals surface area contributed by atoms with Crippen LogP contribution in [0.3, 0.4) is 0 Å². The zero-order valence-corrected chi connectivity index (χ0v) is 13.9. The van der Waals surface area contributed by atoms with E-state index in [1.807, 2.05) is 0 Å². The predicted octanol–water partition coefficient (Wildman–Crippen LogP) is 2.84. The molecule has 0 aromatic carbocycles. The number of hydrogen-bond donors (Lipinski definition) is 1. The lowest BCUT2D eigenvalue weighted by atomic mass is 9.86. The van der Waals surface area contributed by atoms with Crippen LogP contribution in [0, 0.1) is 0 Å². The molecule has 2 rings (SSSR count). The molecule has 3 unspecified atom stereocenters. The van der Waals surface area contributed by atoms with E-state index in [0.717, 1.165) is 18.6 Å². The summed E-state index contributed by atoms with van der Waals surface area (Å²) in [6.07, 6.45) is 9.17. The summed E-state index contributed by atoms with van der Waals surface area (Å²) in [5.41, 5.74) is 6.60. The van der Waals surface area contributed by atoms with Crippen LogP contribution < -0.4 is 5.73 Å². The van der Waals surface area contributed by atoms with E-state index in [9.17, 15) is 0 Å². The summed E-state index contributed by atoms with van der Waals surface area (Å²) in [7, 11) is 0. The van der Waals surface area contributed by atoms with Crippen LogP contribution in [0.2, 0.25) is 0 Å². The Kier molecular flexibility index (Phi) is 5.88. The largest absolute Gasteiger partial charge is 0.329 e. The molecule has 2 aliphatic heterocycles. The summed E-state index contributed by atoms with van der Waals surface area (Å²) in [5, 5.41) is 0. The number of likely N-dealkylation sites (tertiary alicyclic amines) is 2. The molecule has 2 fully saturated rings. The monoisotopic (exact) mass is 281 g/mol. The minimum atomic E-state index is 0.277. The van der Waals surface area contributed by atoms with Crippen LogP contribution in [0.4, 0.5) is 0 Å². The zero-order chi connectivity index (χ0) is 14.6. The molecule has 118 valence electrons. The highest BCUT2D eigenvalue weighted by molar-refractivity contribution is 5.01. The Morgan fingerprint density at radius 1 is 1.15 bits per heavy atom. The van der Waals surface area contributed by atoms with Crippen molar-refractivity contribution in [3.8, 4) is 0 Å². The standard InChI is InChI=1S/C17H35N3/c1-4-11-19-12-6-9-17(14-18,10-13-19)20-15(3)7-8-16(20)5-2/h15-16H,4-14,18H2,1-3H3. The van der Waals surface area contributed by atoms with Gasteiger partial charge in [0.15, 0.2) is 0 Å². The maximum absolute atomic E-state index is 6.33. The number of nitrogens with zero attached hydrogens (tertiary/aromatic N) is 2. The molecule has 0 spiro atoms. The molecule has 3 atom stereocenters. The van der Waals surface area contributed by atoms with Gasteiger partial charge in [0, 0.05) is 24.2 Å². The van der Waals surface area contributed by atoms with E-state index in [0.29, 0.717) is 0 Å². The minimum absolute atomic E-state index is 0.277. The number of nitrogens with two attached hydrogens (primary N) is 1. The Balaban J connectivity index is 2.12. The van der Waals surface area contributed by atoms with Gasteiger partial charge in [-0.25, -0.2) is 0 Å². The first-order chi connectivity index (χ1) is 9.66. The second kappa shape index (κ2) is 7.24. The Morgan fingerprint density at radius 2 is 1.95 bits per heavy atom. The molecule has 0 bridgehead atoms. The van der Waals surface area contributed by atoms with Crippen LogP contribution >= 0.6 is 0 Å². The minimum Gasteiger partial charge on any atom is -0.329 e. The second-order valence-corrected chi connectivity index (χ2v) is 7.02. The van der Waals surface area contributed by atoms with Gasteiger partial charge in [0.2, 0.25) is 0 Å². The molecule has 0 radical (unpaired) electrons. The maximum Gasteiger partial charge on any atom is 0.0350 e. The van der Waals surface area contributed by atoms with Gasteiger partial charge in [0.1, 0.15) is 0 Å². The van der Waals surface area contributed by atoms with Gasteiger partial charge in [-0.2, -0.15) is 0 Å². The summed E-state index contributed by atoms with van der Waals surface area (Å²) in [4.78, 5) is 5.49. The summed E-state index contributed by atoms with van der Waals surface area (Å²) in [6.45, 7) is 11.7. The van der Waals surface area contributed by atoms with Gasteiger partial charge in [-0.1, -0.05) is 13.8 Å². The summed E-state index contributed by atoms with van der Waals surface area (Å²) < 4.78 is 0. The SMILES string of the molecule is CCCN1CCCC(CN)(N2C(C)CCC2CC)CC1. The second-order valence-electron chi connectivity index (χ2n) is 7.02. The highest BCUT2D eigenvalue weighted by Crippen LogP contribution is 2.38. The first kappa shape index (κ1) is 16.3. The molecule has 2 heterocycles. The highest BCUT2D eigenvalue weighted by Gasteiger charge is 2.44. The fraction of sp³-hybridized carbons (Fsp3) is 1.00. The Morgan fingerprint density at radius 3 is 2.60 bits per heavy atom. The van der Waals surface area contributed by atoms with Crippen LogP contribution in [-0.2, 0) is 0 Å². The van der Waals surface area contributed by atoms with Gasteiger partial charge in [-0.3, -0.25) is 4.90 Å². The topological polar surface area (TPSA) is 32.5 Å². The third kappa shape index (κ3) is 3.20. The summed E-state index contributed by atoms with van der Waals surface area (Å²) >= 11 is 0. The Hall–Kier alpha value is -0.120. The lowest BCUT2D eigenvalue weighted by molar-refractivity contribution is 0.0335. The lowest BCUT2D eigenvalue weighted by Gasteiger charge is -2.46. The van der Waals surface area contributed by atoms with Gasteiger partial charge in [-0.05, 0) is 71.5 Å². The molecule has 0 saturated carbocycles. The third-order valence-electron chi connectivity index (χ3n) is 5.73. The normalized spacial score (nSPS) is 37.2. The van der Waals surface area contributed by atoms with Crippen molar-refractivity contribution in [1.29, 1.82) is 0 Å². The van der Waals surface area contributed by atoms with Crippen LogP contribution in [0.1, 0.15) is 65.7 Å².